The highest BCUT2D eigenvalue weighted by atomic mass is 16.5. The Morgan fingerprint density at radius 1 is 1.44 bits per heavy atom. The van der Waals surface area contributed by atoms with Gasteiger partial charge in [0.1, 0.15) is 6.10 Å². The van der Waals surface area contributed by atoms with Crippen molar-refractivity contribution in [2.75, 3.05) is 6.61 Å². The molecule has 92 valence electrons. The average molecular weight is 224 g/mol. The number of allylic oxidation sites excluding steroid dienone is 3. The third-order valence-corrected chi connectivity index (χ3v) is 3.05. The van der Waals surface area contributed by atoms with E-state index in [1.165, 1.54) is 11.1 Å². The Bertz CT molecular complexity index is 283. The van der Waals surface area contributed by atoms with Crippen LogP contribution < -0.4 is 0 Å². The first-order valence-electron chi connectivity index (χ1n) is 6.06. The maximum Gasteiger partial charge on any atom is 0.104 e. The Hall–Kier alpha value is -0.600. The van der Waals surface area contributed by atoms with Crippen molar-refractivity contribution in [3.8, 4) is 0 Å². The predicted molar refractivity (Wildman–Crippen MR) is 67.4 cm³/mol. The van der Waals surface area contributed by atoms with E-state index in [1.807, 2.05) is 6.92 Å². The van der Waals surface area contributed by atoms with Crippen molar-refractivity contribution in [3.05, 3.63) is 23.3 Å². The summed E-state index contributed by atoms with van der Waals surface area (Å²) in [5.74, 6) is 0. The third-order valence-electron chi connectivity index (χ3n) is 3.05. The van der Waals surface area contributed by atoms with Crippen molar-refractivity contribution in [2.24, 2.45) is 0 Å². The van der Waals surface area contributed by atoms with Gasteiger partial charge in [-0.15, -0.1) is 0 Å². The summed E-state index contributed by atoms with van der Waals surface area (Å²) in [5.41, 5.74) is 1.97. The van der Waals surface area contributed by atoms with Gasteiger partial charge >= 0.3 is 0 Å². The molecule has 2 atom stereocenters. The maximum absolute atomic E-state index is 10.0. The van der Waals surface area contributed by atoms with E-state index in [1.54, 1.807) is 0 Å². The summed E-state index contributed by atoms with van der Waals surface area (Å²) >= 11 is 0. The minimum Gasteiger partial charge on any atom is -0.387 e. The van der Waals surface area contributed by atoms with Crippen molar-refractivity contribution >= 4 is 0 Å². The highest BCUT2D eigenvalue weighted by Gasteiger charge is 2.36. The van der Waals surface area contributed by atoms with E-state index < -0.39 is 5.60 Å². The molecule has 0 bridgehead atoms. The van der Waals surface area contributed by atoms with Crippen LogP contribution in [-0.4, -0.2) is 23.4 Å². The first kappa shape index (κ1) is 13.5. The molecule has 0 radical (unpaired) electrons. The van der Waals surface area contributed by atoms with Gasteiger partial charge in [-0.3, -0.25) is 0 Å². The summed E-state index contributed by atoms with van der Waals surface area (Å²) in [4.78, 5) is 0. The van der Waals surface area contributed by atoms with Crippen LogP contribution in [0.4, 0.5) is 0 Å². The molecule has 1 heterocycles. The molecule has 0 saturated carbocycles. The molecule has 1 saturated heterocycles. The molecule has 1 rings (SSSR count). The van der Waals surface area contributed by atoms with E-state index in [2.05, 4.69) is 32.9 Å². The Morgan fingerprint density at radius 2 is 2.12 bits per heavy atom. The van der Waals surface area contributed by atoms with Gasteiger partial charge in [-0.1, -0.05) is 23.3 Å². The second-order valence-corrected chi connectivity index (χ2v) is 5.23. The van der Waals surface area contributed by atoms with Crippen LogP contribution in [0.2, 0.25) is 0 Å². The molecule has 1 aliphatic heterocycles. The van der Waals surface area contributed by atoms with Gasteiger partial charge < -0.3 is 9.84 Å². The zero-order chi connectivity index (χ0) is 12.2. The fraction of sp³-hybridized carbons (Fsp3) is 0.714. The molecule has 0 aliphatic carbocycles. The van der Waals surface area contributed by atoms with Crippen LogP contribution in [0.1, 0.15) is 47.0 Å². The molecule has 1 N–H and O–H groups in total. The lowest BCUT2D eigenvalue weighted by Gasteiger charge is -2.21. The van der Waals surface area contributed by atoms with Crippen molar-refractivity contribution in [1.29, 1.82) is 0 Å². The van der Waals surface area contributed by atoms with E-state index >= 15 is 0 Å². The van der Waals surface area contributed by atoms with Gasteiger partial charge in [0.05, 0.1) is 12.2 Å². The van der Waals surface area contributed by atoms with Gasteiger partial charge in [0.15, 0.2) is 0 Å². The van der Waals surface area contributed by atoms with E-state index in [4.69, 9.17) is 4.74 Å². The van der Waals surface area contributed by atoms with Crippen molar-refractivity contribution in [2.45, 2.75) is 58.7 Å². The van der Waals surface area contributed by atoms with E-state index in [9.17, 15) is 5.11 Å². The minimum atomic E-state index is -0.683. The molecule has 2 heteroatoms. The monoisotopic (exact) mass is 224 g/mol. The molecule has 0 spiro atoms. The lowest BCUT2D eigenvalue weighted by atomic mass is 9.96. The number of rotatable bonds is 4. The van der Waals surface area contributed by atoms with Crippen LogP contribution in [0.25, 0.3) is 0 Å². The van der Waals surface area contributed by atoms with Gasteiger partial charge in [0.25, 0.3) is 0 Å². The second-order valence-electron chi connectivity index (χ2n) is 5.23. The number of aliphatic hydroxyl groups is 1. The van der Waals surface area contributed by atoms with Crippen molar-refractivity contribution in [1.82, 2.24) is 0 Å². The Kier molecular flexibility index (Phi) is 4.75. The smallest absolute Gasteiger partial charge is 0.104 e. The lowest BCUT2D eigenvalue weighted by Crippen LogP contribution is -2.33. The van der Waals surface area contributed by atoms with Crippen LogP contribution in [-0.2, 0) is 4.74 Å². The van der Waals surface area contributed by atoms with E-state index in [-0.39, 0.29) is 6.10 Å². The van der Waals surface area contributed by atoms with Crippen LogP contribution in [0.3, 0.4) is 0 Å². The summed E-state index contributed by atoms with van der Waals surface area (Å²) in [7, 11) is 0. The van der Waals surface area contributed by atoms with Crippen LogP contribution in [0, 0.1) is 0 Å². The summed E-state index contributed by atoms with van der Waals surface area (Å²) in [6.45, 7) is 8.85. The summed E-state index contributed by atoms with van der Waals surface area (Å²) in [6, 6.07) is 0. The van der Waals surface area contributed by atoms with Crippen LogP contribution in [0.15, 0.2) is 23.3 Å². The lowest BCUT2D eigenvalue weighted by molar-refractivity contribution is 0.00169. The third kappa shape index (κ3) is 4.11. The molecule has 0 aromatic carbocycles. The zero-order valence-electron chi connectivity index (χ0n) is 10.9. The Morgan fingerprint density at radius 3 is 2.62 bits per heavy atom. The molecule has 0 aromatic rings. The van der Waals surface area contributed by atoms with Crippen molar-refractivity contribution < 1.29 is 9.84 Å². The molecule has 2 nitrogen and oxygen atoms in total. The fourth-order valence-electron chi connectivity index (χ4n) is 1.87. The highest BCUT2D eigenvalue weighted by molar-refractivity contribution is 5.10. The predicted octanol–water partition coefficient (Wildman–Crippen LogP) is 3.22. The molecular weight excluding hydrogens is 200 g/mol. The molecule has 16 heavy (non-hydrogen) atoms. The van der Waals surface area contributed by atoms with E-state index in [0.29, 0.717) is 6.61 Å². The summed E-state index contributed by atoms with van der Waals surface area (Å²) < 4.78 is 5.52. The standard InChI is InChI=1S/C14H24O2/c1-11(2)6-5-7-12(3)10-13-14(4,15)8-9-16-13/h6,10,13,15H,5,7-9H2,1-4H3/b12-10-/t13-,14-/m0/s1. The first-order chi connectivity index (χ1) is 7.42. The van der Waals surface area contributed by atoms with Crippen LogP contribution >= 0.6 is 0 Å². The van der Waals surface area contributed by atoms with Crippen LogP contribution in [0.5, 0.6) is 0 Å². The first-order valence-corrected chi connectivity index (χ1v) is 6.06. The van der Waals surface area contributed by atoms with Gasteiger partial charge in [-0.25, -0.2) is 0 Å². The Labute approximate surface area is 99.0 Å². The average Bonchev–Trinajstić information content (AvgIpc) is 2.45. The second kappa shape index (κ2) is 5.65. The van der Waals surface area contributed by atoms with Gasteiger partial charge in [-0.2, -0.15) is 0 Å². The Balaban J connectivity index is 2.47. The maximum atomic E-state index is 10.0. The topological polar surface area (TPSA) is 29.5 Å². The van der Waals surface area contributed by atoms with Gasteiger partial charge in [-0.05, 0) is 40.5 Å². The largest absolute Gasteiger partial charge is 0.387 e. The highest BCUT2D eigenvalue weighted by Crippen LogP contribution is 2.27. The molecule has 0 amide bonds. The summed E-state index contributed by atoms with van der Waals surface area (Å²) in [5, 5.41) is 10.0. The molecular formula is C14H24O2. The quantitative estimate of drug-likeness (QED) is 0.743. The fourth-order valence-corrected chi connectivity index (χ4v) is 1.87. The minimum absolute atomic E-state index is 0.126. The molecule has 0 aromatic heterocycles. The normalized spacial score (nSPS) is 30.6. The molecule has 0 unspecified atom stereocenters. The molecule has 1 aliphatic rings. The van der Waals surface area contributed by atoms with Gasteiger partial charge in [0, 0.05) is 6.42 Å². The van der Waals surface area contributed by atoms with Gasteiger partial charge in [0.2, 0.25) is 0 Å². The summed E-state index contributed by atoms with van der Waals surface area (Å²) in [6.07, 6.45) is 7.03. The number of ether oxygens (including phenoxy) is 1. The number of hydrogen-bond acceptors (Lipinski definition) is 2. The van der Waals surface area contributed by atoms with Crippen molar-refractivity contribution in [3.63, 3.8) is 0 Å². The SMILES string of the molecule is CC(C)=CCC/C(C)=C\[C@@H]1OCC[C@]1(C)O. The molecule has 1 fully saturated rings. The van der Waals surface area contributed by atoms with E-state index in [0.717, 1.165) is 19.3 Å². The zero-order valence-corrected chi connectivity index (χ0v) is 10.9. The number of hydrogen-bond donors (Lipinski definition) is 1.